The highest BCUT2D eigenvalue weighted by Gasteiger charge is 2.07. The van der Waals surface area contributed by atoms with Crippen molar-refractivity contribution in [1.82, 2.24) is 4.98 Å². The van der Waals surface area contributed by atoms with Gasteiger partial charge in [-0.3, -0.25) is 0 Å². The van der Waals surface area contributed by atoms with Gasteiger partial charge in [-0.25, -0.2) is 9.78 Å². The maximum atomic E-state index is 10.9. The molecule has 0 atom stereocenters. The molecule has 0 saturated heterocycles. The van der Waals surface area contributed by atoms with Gasteiger partial charge in [0, 0.05) is 16.6 Å². The van der Waals surface area contributed by atoms with Crippen LogP contribution in [0.2, 0.25) is 0 Å². The van der Waals surface area contributed by atoms with Crippen LogP contribution in [0, 0.1) is 0 Å². The number of carboxylic acid groups (broad SMARTS) is 1. The van der Waals surface area contributed by atoms with Crippen molar-refractivity contribution in [2.75, 3.05) is 5.32 Å². The van der Waals surface area contributed by atoms with Gasteiger partial charge in [-0.15, -0.1) is 11.3 Å². The van der Waals surface area contributed by atoms with Gasteiger partial charge in [-0.1, -0.05) is 0 Å². The van der Waals surface area contributed by atoms with E-state index in [1.54, 1.807) is 24.3 Å². The zero-order chi connectivity index (χ0) is 17.8. The third-order valence-corrected chi connectivity index (χ3v) is 4.17. The van der Waals surface area contributed by atoms with Crippen molar-refractivity contribution in [1.29, 1.82) is 0 Å². The largest absolute Gasteiger partial charge is 0.491 e. The van der Waals surface area contributed by atoms with E-state index in [9.17, 15) is 4.79 Å². The van der Waals surface area contributed by atoms with Crippen LogP contribution in [-0.4, -0.2) is 22.2 Å². The van der Waals surface area contributed by atoms with E-state index in [0.29, 0.717) is 0 Å². The Balaban J connectivity index is 1.70. The Morgan fingerprint density at radius 2 is 1.80 bits per heavy atom. The lowest BCUT2D eigenvalue weighted by atomic mass is 10.2. The van der Waals surface area contributed by atoms with Gasteiger partial charge in [0.2, 0.25) is 0 Å². The average molecular weight is 354 g/mol. The molecule has 0 aliphatic carbocycles. The number of anilines is 2. The van der Waals surface area contributed by atoms with E-state index < -0.39 is 5.97 Å². The second-order valence-corrected chi connectivity index (χ2v) is 6.59. The number of ether oxygens (including phenoxy) is 1. The molecule has 0 radical (unpaired) electrons. The lowest BCUT2D eigenvalue weighted by molar-refractivity contribution is 0.0697. The van der Waals surface area contributed by atoms with Crippen molar-refractivity contribution in [3.63, 3.8) is 0 Å². The minimum Gasteiger partial charge on any atom is -0.491 e. The van der Waals surface area contributed by atoms with E-state index in [0.717, 1.165) is 27.8 Å². The van der Waals surface area contributed by atoms with Crippen LogP contribution in [0.4, 0.5) is 10.8 Å². The minimum absolute atomic E-state index is 0.147. The number of hydrogen-bond acceptors (Lipinski definition) is 5. The molecule has 0 bridgehead atoms. The van der Waals surface area contributed by atoms with E-state index in [1.165, 1.54) is 11.3 Å². The second-order valence-electron chi connectivity index (χ2n) is 5.74. The predicted octanol–water partition coefficient (Wildman–Crippen LogP) is 5.04. The molecule has 0 saturated carbocycles. The number of aromatic nitrogens is 1. The zero-order valence-corrected chi connectivity index (χ0v) is 14.7. The van der Waals surface area contributed by atoms with Gasteiger partial charge in [0.05, 0.1) is 17.4 Å². The second kappa shape index (κ2) is 7.36. The first kappa shape index (κ1) is 17.0. The summed E-state index contributed by atoms with van der Waals surface area (Å²) in [5, 5.41) is 14.8. The molecule has 0 unspecified atom stereocenters. The topological polar surface area (TPSA) is 71.5 Å². The van der Waals surface area contributed by atoms with Crippen molar-refractivity contribution < 1.29 is 14.6 Å². The average Bonchev–Trinajstić information content (AvgIpc) is 3.04. The summed E-state index contributed by atoms with van der Waals surface area (Å²) in [6.45, 7) is 3.99. The molecule has 0 fully saturated rings. The summed E-state index contributed by atoms with van der Waals surface area (Å²) in [5.74, 6) is -0.0983. The monoisotopic (exact) mass is 354 g/mol. The summed E-state index contributed by atoms with van der Waals surface area (Å²) in [4.78, 5) is 15.4. The van der Waals surface area contributed by atoms with Crippen LogP contribution in [0.15, 0.2) is 53.9 Å². The Bertz CT molecular complexity index is 855. The van der Waals surface area contributed by atoms with Crippen LogP contribution >= 0.6 is 11.3 Å². The number of thiazole rings is 1. The molecule has 0 aliphatic heterocycles. The molecule has 2 aromatic carbocycles. The normalized spacial score (nSPS) is 10.7. The summed E-state index contributed by atoms with van der Waals surface area (Å²) in [6.07, 6.45) is 0.147. The molecule has 1 aromatic heterocycles. The molecule has 0 amide bonds. The Morgan fingerprint density at radius 1 is 1.12 bits per heavy atom. The quantitative estimate of drug-likeness (QED) is 0.649. The fourth-order valence-electron chi connectivity index (χ4n) is 2.26. The Kier molecular flexibility index (Phi) is 5.00. The number of carbonyl (C=O) groups is 1. The maximum Gasteiger partial charge on any atom is 0.335 e. The van der Waals surface area contributed by atoms with Gasteiger partial charge in [-0.2, -0.15) is 0 Å². The van der Waals surface area contributed by atoms with E-state index in [2.05, 4.69) is 10.3 Å². The molecule has 6 heteroatoms. The molecule has 3 aromatic rings. The fourth-order valence-corrected chi connectivity index (χ4v) is 3.00. The lowest BCUT2D eigenvalue weighted by Gasteiger charge is -2.09. The number of nitrogens with one attached hydrogen (secondary N) is 1. The van der Waals surface area contributed by atoms with E-state index in [1.807, 2.05) is 43.5 Å². The minimum atomic E-state index is -0.937. The predicted molar refractivity (Wildman–Crippen MR) is 100.0 cm³/mol. The van der Waals surface area contributed by atoms with Crippen molar-refractivity contribution in [2.45, 2.75) is 20.0 Å². The summed E-state index contributed by atoms with van der Waals surface area (Å²) in [6, 6.07) is 14.4. The Hall–Kier alpha value is -2.86. The van der Waals surface area contributed by atoms with Gasteiger partial charge in [0.25, 0.3) is 0 Å². The van der Waals surface area contributed by atoms with Gasteiger partial charge < -0.3 is 15.2 Å². The van der Waals surface area contributed by atoms with Crippen LogP contribution in [-0.2, 0) is 0 Å². The third kappa shape index (κ3) is 4.36. The van der Waals surface area contributed by atoms with Crippen LogP contribution in [0.25, 0.3) is 11.3 Å². The van der Waals surface area contributed by atoms with E-state index >= 15 is 0 Å². The maximum absolute atomic E-state index is 10.9. The number of aromatic carboxylic acids is 1. The van der Waals surface area contributed by atoms with Crippen molar-refractivity contribution in [3.8, 4) is 17.0 Å². The first-order valence-corrected chi connectivity index (χ1v) is 8.72. The molecule has 2 N–H and O–H groups in total. The standard InChI is InChI=1S/C19H18N2O3S/c1-12(2)24-16-9-5-13(6-10-16)17-11-25-19(21-17)20-15-7-3-14(4-8-15)18(22)23/h3-12H,1-2H3,(H,20,21)(H,22,23). The molecule has 3 rings (SSSR count). The Morgan fingerprint density at radius 3 is 2.40 bits per heavy atom. The molecule has 1 heterocycles. The lowest BCUT2D eigenvalue weighted by Crippen LogP contribution is -2.05. The summed E-state index contributed by atoms with van der Waals surface area (Å²) >= 11 is 1.49. The van der Waals surface area contributed by atoms with Crippen molar-refractivity contribution in [2.24, 2.45) is 0 Å². The fraction of sp³-hybridized carbons (Fsp3) is 0.158. The number of nitrogens with zero attached hydrogens (tertiary/aromatic N) is 1. The van der Waals surface area contributed by atoms with Crippen LogP contribution in [0.3, 0.4) is 0 Å². The molecule has 0 aliphatic rings. The number of rotatable bonds is 6. The van der Waals surface area contributed by atoms with Crippen LogP contribution in [0.5, 0.6) is 5.75 Å². The smallest absolute Gasteiger partial charge is 0.335 e. The van der Waals surface area contributed by atoms with Crippen LogP contribution < -0.4 is 10.1 Å². The highest BCUT2D eigenvalue weighted by molar-refractivity contribution is 7.14. The van der Waals surface area contributed by atoms with Gasteiger partial charge >= 0.3 is 5.97 Å². The van der Waals surface area contributed by atoms with E-state index in [-0.39, 0.29) is 11.7 Å². The van der Waals surface area contributed by atoms with Crippen molar-refractivity contribution in [3.05, 3.63) is 59.5 Å². The summed E-state index contributed by atoms with van der Waals surface area (Å²) in [5.41, 5.74) is 2.95. The zero-order valence-electron chi connectivity index (χ0n) is 13.9. The molecular formula is C19H18N2O3S. The first-order chi connectivity index (χ1) is 12.0. The summed E-state index contributed by atoms with van der Waals surface area (Å²) in [7, 11) is 0. The SMILES string of the molecule is CC(C)Oc1ccc(-c2csc(Nc3ccc(C(=O)O)cc3)n2)cc1. The molecule has 128 valence electrons. The third-order valence-electron chi connectivity index (χ3n) is 3.41. The van der Waals surface area contributed by atoms with Gasteiger partial charge in [0.15, 0.2) is 5.13 Å². The van der Waals surface area contributed by atoms with E-state index in [4.69, 9.17) is 9.84 Å². The molecule has 0 spiro atoms. The molecular weight excluding hydrogens is 336 g/mol. The molecule has 25 heavy (non-hydrogen) atoms. The van der Waals surface area contributed by atoms with Gasteiger partial charge in [0.1, 0.15) is 5.75 Å². The van der Waals surface area contributed by atoms with Crippen molar-refractivity contribution >= 4 is 28.1 Å². The number of carboxylic acids is 1. The summed E-state index contributed by atoms with van der Waals surface area (Å²) < 4.78 is 5.64. The first-order valence-electron chi connectivity index (χ1n) is 7.84. The van der Waals surface area contributed by atoms with Gasteiger partial charge in [-0.05, 0) is 62.4 Å². The molecule has 5 nitrogen and oxygen atoms in total. The van der Waals surface area contributed by atoms with Crippen LogP contribution in [0.1, 0.15) is 24.2 Å². The Labute approximate surface area is 149 Å². The highest BCUT2D eigenvalue weighted by atomic mass is 32.1. The number of hydrogen-bond donors (Lipinski definition) is 2. The number of benzene rings is 2. The highest BCUT2D eigenvalue weighted by Crippen LogP contribution is 2.28.